The SMILES string of the molecule is CCN(C(=O)[C@H]1CNC[C@@H]1c1cnn(C)c1)C1CCC1. The average molecular weight is 276 g/mol. The highest BCUT2D eigenvalue weighted by Crippen LogP contribution is 2.32. The maximum atomic E-state index is 12.9. The molecular formula is C15H24N4O. The number of rotatable bonds is 4. The normalized spacial score (nSPS) is 26.5. The first-order chi connectivity index (χ1) is 9.70. The molecule has 1 saturated carbocycles. The molecule has 0 bridgehead atoms. The molecule has 20 heavy (non-hydrogen) atoms. The molecule has 2 aliphatic rings. The Bertz CT molecular complexity index is 480. The summed E-state index contributed by atoms with van der Waals surface area (Å²) in [6, 6.07) is 0.489. The highest BCUT2D eigenvalue weighted by molar-refractivity contribution is 5.81. The van der Waals surface area contributed by atoms with Gasteiger partial charge in [-0.15, -0.1) is 0 Å². The summed E-state index contributed by atoms with van der Waals surface area (Å²) < 4.78 is 1.82. The van der Waals surface area contributed by atoms with Gasteiger partial charge in [0.05, 0.1) is 12.1 Å². The Balaban J connectivity index is 1.75. The standard InChI is InChI=1S/C15H24N4O/c1-3-19(12-5-4-6-12)15(20)14-9-16-8-13(14)11-7-17-18(2)10-11/h7,10,12-14,16H,3-6,8-9H2,1-2H3/t13-,14+/m1/s1. The van der Waals surface area contributed by atoms with Gasteiger partial charge in [0.25, 0.3) is 0 Å². The molecule has 110 valence electrons. The predicted octanol–water partition coefficient (Wildman–Crippen LogP) is 1.12. The van der Waals surface area contributed by atoms with Gasteiger partial charge in [0.1, 0.15) is 0 Å². The van der Waals surface area contributed by atoms with Crippen molar-refractivity contribution in [1.82, 2.24) is 20.0 Å². The van der Waals surface area contributed by atoms with E-state index in [1.54, 1.807) is 0 Å². The van der Waals surface area contributed by atoms with Gasteiger partial charge < -0.3 is 10.2 Å². The molecule has 1 N–H and O–H groups in total. The Morgan fingerprint density at radius 3 is 2.85 bits per heavy atom. The van der Waals surface area contributed by atoms with E-state index in [1.165, 1.54) is 24.8 Å². The van der Waals surface area contributed by atoms with E-state index in [2.05, 4.69) is 22.2 Å². The molecule has 1 saturated heterocycles. The number of aromatic nitrogens is 2. The van der Waals surface area contributed by atoms with E-state index in [0.29, 0.717) is 11.9 Å². The van der Waals surface area contributed by atoms with Crippen LogP contribution in [0.2, 0.25) is 0 Å². The van der Waals surface area contributed by atoms with Gasteiger partial charge in [0, 0.05) is 44.8 Å². The van der Waals surface area contributed by atoms with Crippen molar-refractivity contribution in [1.29, 1.82) is 0 Å². The largest absolute Gasteiger partial charge is 0.340 e. The number of aryl methyl sites for hydroxylation is 1. The maximum Gasteiger partial charge on any atom is 0.227 e. The molecule has 2 fully saturated rings. The van der Waals surface area contributed by atoms with Crippen LogP contribution >= 0.6 is 0 Å². The molecule has 0 unspecified atom stereocenters. The van der Waals surface area contributed by atoms with Gasteiger partial charge in [0.2, 0.25) is 5.91 Å². The number of amides is 1. The minimum Gasteiger partial charge on any atom is -0.340 e. The second kappa shape index (κ2) is 5.56. The molecule has 3 rings (SSSR count). The Kier molecular flexibility index (Phi) is 3.78. The highest BCUT2D eigenvalue weighted by Gasteiger charge is 2.39. The van der Waals surface area contributed by atoms with Gasteiger partial charge in [-0.1, -0.05) is 0 Å². The Labute approximate surface area is 120 Å². The quantitative estimate of drug-likeness (QED) is 0.896. The maximum absolute atomic E-state index is 12.9. The second-order valence-electron chi connectivity index (χ2n) is 6.03. The summed E-state index contributed by atoms with van der Waals surface area (Å²) in [6.45, 7) is 4.60. The zero-order valence-electron chi connectivity index (χ0n) is 12.4. The number of nitrogens with zero attached hydrogens (tertiary/aromatic N) is 3. The molecule has 1 aromatic rings. The zero-order valence-corrected chi connectivity index (χ0v) is 12.4. The Hall–Kier alpha value is -1.36. The molecule has 0 spiro atoms. The first kappa shape index (κ1) is 13.6. The molecule has 1 aliphatic carbocycles. The van der Waals surface area contributed by atoms with Crippen molar-refractivity contribution >= 4 is 5.91 Å². The van der Waals surface area contributed by atoms with Crippen molar-refractivity contribution in [3.63, 3.8) is 0 Å². The molecule has 0 radical (unpaired) electrons. The fourth-order valence-electron chi connectivity index (χ4n) is 3.43. The molecular weight excluding hydrogens is 252 g/mol. The molecule has 5 nitrogen and oxygen atoms in total. The van der Waals surface area contributed by atoms with Crippen molar-refractivity contribution in [3.8, 4) is 0 Å². The second-order valence-corrected chi connectivity index (χ2v) is 6.03. The fraction of sp³-hybridized carbons (Fsp3) is 0.733. The van der Waals surface area contributed by atoms with Crippen molar-refractivity contribution in [2.24, 2.45) is 13.0 Å². The molecule has 1 amide bonds. The third-order valence-electron chi connectivity index (χ3n) is 4.82. The topological polar surface area (TPSA) is 50.2 Å². The van der Waals surface area contributed by atoms with E-state index in [1.807, 2.05) is 24.1 Å². The number of carbonyl (C=O) groups excluding carboxylic acids is 1. The van der Waals surface area contributed by atoms with Crippen molar-refractivity contribution in [2.45, 2.75) is 38.1 Å². The molecule has 1 aromatic heterocycles. The van der Waals surface area contributed by atoms with E-state index >= 15 is 0 Å². The van der Waals surface area contributed by atoms with E-state index < -0.39 is 0 Å². The summed E-state index contributed by atoms with van der Waals surface area (Å²) in [4.78, 5) is 15.0. The summed E-state index contributed by atoms with van der Waals surface area (Å²) >= 11 is 0. The fourth-order valence-corrected chi connectivity index (χ4v) is 3.43. The van der Waals surface area contributed by atoms with Crippen LogP contribution in [0.25, 0.3) is 0 Å². The third kappa shape index (κ3) is 2.35. The van der Waals surface area contributed by atoms with Gasteiger partial charge in [-0.05, 0) is 31.7 Å². The van der Waals surface area contributed by atoms with Crippen molar-refractivity contribution in [2.75, 3.05) is 19.6 Å². The first-order valence-electron chi connectivity index (χ1n) is 7.70. The number of hydrogen-bond donors (Lipinski definition) is 1. The minimum absolute atomic E-state index is 0.0692. The molecule has 2 heterocycles. The summed E-state index contributed by atoms with van der Waals surface area (Å²) in [5.41, 5.74) is 1.18. The molecule has 0 aromatic carbocycles. The summed E-state index contributed by atoms with van der Waals surface area (Å²) in [6.07, 6.45) is 7.56. The van der Waals surface area contributed by atoms with Gasteiger partial charge >= 0.3 is 0 Å². The number of hydrogen-bond acceptors (Lipinski definition) is 3. The molecule has 5 heteroatoms. The molecule has 1 aliphatic heterocycles. The van der Waals surface area contributed by atoms with E-state index in [-0.39, 0.29) is 11.8 Å². The average Bonchev–Trinajstić information content (AvgIpc) is 3.00. The minimum atomic E-state index is 0.0692. The lowest BCUT2D eigenvalue weighted by Gasteiger charge is -2.39. The van der Waals surface area contributed by atoms with Crippen LogP contribution in [0.15, 0.2) is 12.4 Å². The van der Waals surface area contributed by atoms with Crippen LogP contribution in [0.1, 0.15) is 37.7 Å². The Morgan fingerprint density at radius 1 is 1.50 bits per heavy atom. The van der Waals surface area contributed by atoms with Gasteiger partial charge in [-0.25, -0.2) is 0 Å². The lowest BCUT2D eigenvalue weighted by molar-refractivity contribution is -0.139. The number of carbonyl (C=O) groups is 1. The monoisotopic (exact) mass is 276 g/mol. The van der Waals surface area contributed by atoms with Crippen molar-refractivity contribution < 1.29 is 4.79 Å². The third-order valence-corrected chi connectivity index (χ3v) is 4.82. The van der Waals surface area contributed by atoms with Gasteiger partial charge in [-0.2, -0.15) is 5.10 Å². The summed E-state index contributed by atoms with van der Waals surface area (Å²) in [5.74, 6) is 0.668. The number of nitrogens with one attached hydrogen (secondary N) is 1. The van der Waals surface area contributed by atoms with Crippen molar-refractivity contribution in [3.05, 3.63) is 18.0 Å². The summed E-state index contributed by atoms with van der Waals surface area (Å²) in [5, 5.41) is 7.63. The van der Waals surface area contributed by atoms with Crippen LogP contribution in [0.3, 0.4) is 0 Å². The smallest absolute Gasteiger partial charge is 0.227 e. The Morgan fingerprint density at radius 2 is 2.30 bits per heavy atom. The van der Waals surface area contributed by atoms with E-state index in [4.69, 9.17) is 0 Å². The van der Waals surface area contributed by atoms with Gasteiger partial charge in [-0.3, -0.25) is 9.48 Å². The van der Waals surface area contributed by atoms with Crippen LogP contribution in [-0.2, 0) is 11.8 Å². The summed E-state index contributed by atoms with van der Waals surface area (Å²) in [7, 11) is 1.93. The molecule has 2 atom stereocenters. The zero-order chi connectivity index (χ0) is 14.1. The lowest BCUT2D eigenvalue weighted by atomic mass is 9.86. The highest BCUT2D eigenvalue weighted by atomic mass is 16.2. The van der Waals surface area contributed by atoms with Crippen LogP contribution in [0.4, 0.5) is 0 Å². The first-order valence-corrected chi connectivity index (χ1v) is 7.70. The lowest BCUT2D eigenvalue weighted by Crippen LogP contribution is -2.47. The van der Waals surface area contributed by atoms with Crippen LogP contribution in [0, 0.1) is 5.92 Å². The van der Waals surface area contributed by atoms with Crippen LogP contribution in [-0.4, -0.2) is 46.3 Å². The predicted molar refractivity (Wildman–Crippen MR) is 77.3 cm³/mol. The van der Waals surface area contributed by atoms with Crippen LogP contribution < -0.4 is 5.32 Å². The van der Waals surface area contributed by atoms with Gasteiger partial charge in [0.15, 0.2) is 0 Å². The van der Waals surface area contributed by atoms with Crippen LogP contribution in [0.5, 0.6) is 0 Å². The van der Waals surface area contributed by atoms with E-state index in [0.717, 1.165) is 19.6 Å². The van der Waals surface area contributed by atoms with E-state index in [9.17, 15) is 4.79 Å².